The predicted octanol–water partition coefficient (Wildman–Crippen LogP) is 1.81. The number of rotatable bonds is 6. The highest BCUT2D eigenvalue weighted by Crippen LogP contribution is 2.12. The molecule has 7 heteroatoms. The van der Waals surface area contributed by atoms with Crippen molar-refractivity contribution in [3.8, 4) is 0 Å². The van der Waals surface area contributed by atoms with Gasteiger partial charge in [0.25, 0.3) is 0 Å². The molecule has 0 bridgehead atoms. The van der Waals surface area contributed by atoms with Crippen LogP contribution < -0.4 is 16.4 Å². The largest absolute Gasteiger partial charge is 0.444 e. The number of alkyl carbamates (subject to hydrolysis) is 1. The Bertz CT molecular complexity index is 387. The number of carbonyl (C=O) groups excluding carboxylic acids is 2. The van der Waals surface area contributed by atoms with E-state index in [1.54, 1.807) is 4.90 Å². The second-order valence-electron chi connectivity index (χ2n) is 7.13. The summed E-state index contributed by atoms with van der Waals surface area (Å²) in [7, 11) is 0. The van der Waals surface area contributed by atoms with Gasteiger partial charge in [-0.1, -0.05) is 13.3 Å². The summed E-state index contributed by atoms with van der Waals surface area (Å²) in [6.45, 7) is 9.58. The number of amides is 3. The molecule has 0 aromatic carbocycles. The van der Waals surface area contributed by atoms with Crippen LogP contribution >= 0.6 is 0 Å². The molecular formula is C16H32N4O3. The van der Waals surface area contributed by atoms with Gasteiger partial charge >= 0.3 is 12.1 Å². The Morgan fingerprint density at radius 3 is 2.39 bits per heavy atom. The van der Waals surface area contributed by atoms with Crippen LogP contribution in [0.3, 0.4) is 0 Å². The van der Waals surface area contributed by atoms with E-state index in [2.05, 4.69) is 17.6 Å². The van der Waals surface area contributed by atoms with E-state index < -0.39 is 5.60 Å². The first kappa shape index (κ1) is 19.5. The molecule has 0 radical (unpaired) electrons. The van der Waals surface area contributed by atoms with E-state index in [0.29, 0.717) is 25.7 Å². The van der Waals surface area contributed by atoms with E-state index in [1.807, 2.05) is 20.8 Å². The summed E-state index contributed by atoms with van der Waals surface area (Å²) in [6, 6.07) is 0.209. The SMILES string of the molecule is CCCC(CNC(=O)OC(C)(C)C)NC1CCN(C(N)=O)CC1. The maximum Gasteiger partial charge on any atom is 0.407 e. The van der Waals surface area contributed by atoms with Gasteiger partial charge in [-0.3, -0.25) is 0 Å². The van der Waals surface area contributed by atoms with Gasteiger partial charge in [0.15, 0.2) is 0 Å². The van der Waals surface area contributed by atoms with Gasteiger partial charge < -0.3 is 26.0 Å². The normalized spacial score (nSPS) is 17.7. The van der Waals surface area contributed by atoms with Crippen molar-refractivity contribution in [2.75, 3.05) is 19.6 Å². The molecule has 1 unspecified atom stereocenters. The molecule has 1 saturated heterocycles. The number of primary amides is 1. The van der Waals surface area contributed by atoms with Crippen molar-refractivity contribution in [2.45, 2.75) is 71.1 Å². The minimum absolute atomic E-state index is 0.206. The van der Waals surface area contributed by atoms with Crippen LogP contribution in [0.15, 0.2) is 0 Å². The zero-order valence-electron chi connectivity index (χ0n) is 14.9. The molecule has 23 heavy (non-hydrogen) atoms. The van der Waals surface area contributed by atoms with Crippen LogP contribution in [0.1, 0.15) is 53.4 Å². The lowest BCUT2D eigenvalue weighted by Gasteiger charge is -2.34. The molecule has 7 nitrogen and oxygen atoms in total. The third-order valence-corrected chi connectivity index (χ3v) is 3.81. The minimum atomic E-state index is -0.487. The highest BCUT2D eigenvalue weighted by atomic mass is 16.6. The molecule has 1 rings (SSSR count). The number of hydrogen-bond donors (Lipinski definition) is 3. The number of nitrogens with two attached hydrogens (primary N) is 1. The topological polar surface area (TPSA) is 96.7 Å². The van der Waals surface area contributed by atoms with Gasteiger partial charge in [0.2, 0.25) is 0 Å². The van der Waals surface area contributed by atoms with Gasteiger partial charge in [-0.05, 0) is 40.0 Å². The van der Waals surface area contributed by atoms with Crippen molar-refractivity contribution in [3.05, 3.63) is 0 Å². The molecule has 1 aliphatic rings. The van der Waals surface area contributed by atoms with E-state index >= 15 is 0 Å². The Hall–Kier alpha value is -1.50. The van der Waals surface area contributed by atoms with Gasteiger partial charge in [0.1, 0.15) is 5.60 Å². The van der Waals surface area contributed by atoms with Crippen molar-refractivity contribution in [2.24, 2.45) is 5.73 Å². The zero-order chi connectivity index (χ0) is 17.5. The van der Waals surface area contributed by atoms with Crippen LogP contribution in [0, 0.1) is 0 Å². The summed E-state index contributed by atoms with van der Waals surface area (Å²) < 4.78 is 5.26. The van der Waals surface area contributed by atoms with Crippen LogP contribution in [0.4, 0.5) is 9.59 Å². The second-order valence-corrected chi connectivity index (χ2v) is 7.13. The number of likely N-dealkylation sites (tertiary alicyclic amines) is 1. The Morgan fingerprint density at radius 1 is 1.30 bits per heavy atom. The van der Waals surface area contributed by atoms with Gasteiger partial charge in [0, 0.05) is 31.7 Å². The molecule has 1 atom stereocenters. The maximum atomic E-state index is 11.8. The van der Waals surface area contributed by atoms with Crippen LogP contribution in [0.25, 0.3) is 0 Å². The first-order chi connectivity index (χ1) is 10.7. The van der Waals surface area contributed by atoms with Crippen molar-refractivity contribution in [3.63, 3.8) is 0 Å². The summed E-state index contributed by atoms with van der Waals surface area (Å²) in [6.07, 6.45) is 3.40. The van der Waals surface area contributed by atoms with Crippen molar-refractivity contribution in [1.82, 2.24) is 15.5 Å². The van der Waals surface area contributed by atoms with E-state index in [9.17, 15) is 9.59 Å². The van der Waals surface area contributed by atoms with Gasteiger partial charge in [0.05, 0.1) is 0 Å². The Morgan fingerprint density at radius 2 is 1.91 bits per heavy atom. The Kier molecular flexibility index (Phi) is 7.61. The highest BCUT2D eigenvalue weighted by molar-refractivity contribution is 5.72. The summed E-state index contributed by atoms with van der Waals surface area (Å²) in [5.74, 6) is 0. The molecule has 1 aliphatic heterocycles. The molecule has 0 aliphatic carbocycles. The van der Waals surface area contributed by atoms with Crippen molar-refractivity contribution in [1.29, 1.82) is 0 Å². The zero-order valence-corrected chi connectivity index (χ0v) is 14.9. The molecule has 1 heterocycles. The lowest BCUT2D eigenvalue weighted by molar-refractivity contribution is 0.0519. The quantitative estimate of drug-likeness (QED) is 0.693. The van der Waals surface area contributed by atoms with E-state index in [-0.39, 0.29) is 18.2 Å². The maximum absolute atomic E-state index is 11.8. The summed E-state index contributed by atoms with van der Waals surface area (Å²) in [5.41, 5.74) is 4.81. The summed E-state index contributed by atoms with van der Waals surface area (Å²) in [4.78, 5) is 24.6. The average molecular weight is 328 g/mol. The molecule has 1 fully saturated rings. The number of urea groups is 1. The molecule has 0 aromatic rings. The number of carbonyl (C=O) groups is 2. The molecular weight excluding hydrogens is 296 g/mol. The number of nitrogens with zero attached hydrogens (tertiary/aromatic N) is 1. The fourth-order valence-corrected chi connectivity index (χ4v) is 2.71. The van der Waals surface area contributed by atoms with E-state index in [0.717, 1.165) is 25.7 Å². The number of ether oxygens (including phenoxy) is 1. The number of hydrogen-bond acceptors (Lipinski definition) is 4. The van der Waals surface area contributed by atoms with Crippen LogP contribution in [-0.4, -0.2) is 54.3 Å². The summed E-state index contributed by atoms with van der Waals surface area (Å²) in [5, 5.41) is 6.42. The Balaban J connectivity index is 2.37. The van der Waals surface area contributed by atoms with Crippen molar-refractivity contribution < 1.29 is 14.3 Å². The minimum Gasteiger partial charge on any atom is -0.444 e. The van der Waals surface area contributed by atoms with Crippen LogP contribution in [0.5, 0.6) is 0 Å². The van der Waals surface area contributed by atoms with Gasteiger partial charge in [-0.25, -0.2) is 9.59 Å². The number of piperidine rings is 1. The fraction of sp³-hybridized carbons (Fsp3) is 0.875. The fourth-order valence-electron chi connectivity index (χ4n) is 2.71. The second kappa shape index (κ2) is 8.96. The van der Waals surface area contributed by atoms with Crippen molar-refractivity contribution >= 4 is 12.1 Å². The molecule has 0 saturated carbocycles. The van der Waals surface area contributed by atoms with Crippen LogP contribution in [0.2, 0.25) is 0 Å². The number of nitrogens with one attached hydrogen (secondary N) is 2. The molecule has 3 amide bonds. The molecule has 0 spiro atoms. The third-order valence-electron chi connectivity index (χ3n) is 3.81. The first-order valence-electron chi connectivity index (χ1n) is 8.48. The molecule has 4 N–H and O–H groups in total. The summed E-state index contributed by atoms with van der Waals surface area (Å²) >= 11 is 0. The van der Waals surface area contributed by atoms with E-state index in [1.165, 1.54) is 0 Å². The molecule has 134 valence electrons. The van der Waals surface area contributed by atoms with Gasteiger partial charge in [-0.15, -0.1) is 0 Å². The lowest BCUT2D eigenvalue weighted by atomic mass is 10.0. The van der Waals surface area contributed by atoms with Crippen LogP contribution in [-0.2, 0) is 4.74 Å². The lowest BCUT2D eigenvalue weighted by Crippen LogP contribution is -2.51. The standard InChI is InChI=1S/C16H32N4O3/c1-5-6-13(11-18-15(22)23-16(2,3)4)19-12-7-9-20(10-8-12)14(17)21/h12-13,19H,5-11H2,1-4H3,(H2,17,21)(H,18,22). The third kappa shape index (κ3) is 8.06. The van der Waals surface area contributed by atoms with E-state index in [4.69, 9.17) is 10.5 Å². The van der Waals surface area contributed by atoms with Gasteiger partial charge in [-0.2, -0.15) is 0 Å². The monoisotopic (exact) mass is 328 g/mol. The highest BCUT2D eigenvalue weighted by Gasteiger charge is 2.23. The Labute approximate surface area is 139 Å². The molecule has 0 aromatic heterocycles. The smallest absolute Gasteiger partial charge is 0.407 e. The predicted molar refractivity (Wildman–Crippen MR) is 90.2 cm³/mol. The first-order valence-corrected chi connectivity index (χ1v) is 8.48. The average Bonchev–Trinajstić information content (AvgIpc) is 2.44.